The number of allylic oxidation sites excluding steroid dienone is 1. The third-order valence-electron chi connectivity index (χ3n) is 7.06. The van der Waals surface area contributed by atoms with Crippen molar-refractivity contribution in [2.24, 2.45) is 4.99 Å². The average Bonchev–Trinajstić information content (AvgIpc) is 3.23. The van der Waals surface area contributed by atoms with E-state index in [9.17, 15) is 19.7 Å². The van der Waals surface area contributed by atoms with Gasteiger partial charge in [-0.15, -0.1) is 0 Å². The van der Waals surface area contributed by atoms with Crippen LogP contribution in [-0.2, 0) is 9.53 Å². The highest BCUT2D eigenvalue weighted by Gasteiger charge is 2.33. The Balaban J connectivity index is 1.70. The van der Waals surface area contributed by atoms with Gasteiger partial charge in [0, 0.05) is 54.6 Å². The van der Waals surface area contributed by atoms with Crippen LogP contribution >= 0.6 is 22.9 Å². The normalized spacial score (nSPS) is 17.9. The van der Waals surface area contributed by atoms with Gasteiger partial charge in [0.1, 0.15) is 0 Å². The molecule has 2 aliphatic heterocycles. The van der Waals surface area contributed by atoms with Crippen LogP contribution < -0.4 is 19.8 Å². The second-order valence-corrected chi connectivity index (χ2v) is 11.1. The summed E-state index contributed by atoms with van der Waals surface area (Å²) in [5.74, 6) is -0.547. The summed E-state index contributed by atoms with van der Waals surface area (Å²) in [4.78, 5) is 47.6. The first-order valence-corrected chi connectivity index (χ1v) is 14.0. The summed E-state index contributed by atoms with van der Waals surface area (Å²) in [6, 6.07) is 10.9. The molecule has 208 valence electrons. The minimum atomic E-state index is -0.767. The second kappa shape index (κ2) is 11.4. The molecule has 0 saturated carbocycles. The predicted octanol–water partition coefficient (Wildman–Crippen LogP) is 3.11. The molecule has 5 rings (SSSR count). The Morgan fingerprint density at radius 1 is 1.20 bits per heavy atom. The van der Waals surface area contributed by atoms with Crippen LogP contribution in [0.3, 0.4) is 0 Å². The van der Waals surface area contributed by atoms with E-state index in [1.165, 1.54) is 28.0 Å². The predicted molar refractivity (Wildman–Crippen MR) is 155 cm³/mol. The van der Waals surface area contributed by atoms with Gasteiger partial charge in [0.15, 0.2) is 4.80 Å². The van der Waals surface area contributed by atoms with Gasteiger partial charge in [-0.1, -0.05) is 35.1 Å². The van der Waals surface area contributed by atoms with Crippen molar-refractivity contribution in [1.82, 2.24) is 9.47 Å². The number of anilines is 1. The number of benzene rings is 2. The summed E-state index contributed by atoms with van der Waals surface area (Å²) in [6.07, 6.45) is 1.69. The van der Waals surface area contributed by atoms with Crippen LogP contribution in [0, 0.1) is 10.1 Å². The molecule has 12 heteroatoms. The standard InChI is InChI=1S/C28H28ClN5O5S/c1-4-39-27(36)24-17(2)30-28-33(25(24)18-5-7-20(29)8-6-18)26(35)23(40-28)16-19-15-21(34(37)38)9-10-22(19)32-13-11-31(3)12-14-32/h5-10,15-16,25H,4,11-14H2,1-3H3/t25-/m1/s1. The third kappa shape index (κ3) is 5.32. The Kier molecular flexibility index (Phi) is 7.88. The van der Waals surface area contributed by atoms with Crippen molar-refractivity contribution in [2.45, 2.75) is 19.9 Å². The monoisotopic (exact) mass is 581 g/mol. The summed E-state index contributed by atoms with van der Waals surface area (Å²) in [5.41, 5.74) is 2.40. The third-order valence-corrected chi connectivity index (χ3v) is 8.29. The molecule has 2 aliphatic rings. The Morgan fingerprint density at radius 2 is 1.90 bits per heavy atom. The van der Waals surface area contributed by atoms with Crippen LogP contribution in [0.25, 0.3) is 6.08 Å². The number of carbonyl (C=O) groups is 1. The van der Waals surface area contributed by atoms with Crippen molar-refractivity contribution in [2.75, 3.05) is 44.7 Å². The first-order chi connectivity index (χ1) is 19.2. The molecule has 10 nitrogen and oxygen atoms in total. The van der Waals surface area contributed by atoms with E-state index >= 15 is 0 Å². The van der Waals surface area contributed by atoms with Crippen molar-refractivity contribution in [3.8, 4) is 0 Å². The topological polar surface area (TPSA) is 110 Å². The van der Waals surface area contributed by atoms with E-state index in [0.29, 0.717) is 31.2 Å². The number of carbonyl (C=O) groups excluding carboxylic acids is 1. The van der Waals surface area contributed by atoms with Crippen LogP contribution in [-0.4, -0.2) is 60.2 Å². The summed E-state index contributed by atoms with van der Waals surface area (Å²) in [5, 5.41) is 12.1. The molecule has 3 aromatic rings. The van der Waals surface area contributed by atoms with E-state index in [1.54, 1.807) is 50.3 Å². The van der Waals surface area contributed by atoms with Gasteiger partial charge in [-0.3, -0.25) is 19.5 Å². The zero-order valence-electron chi connectivity index (χ0n) is 22.3. The van der Waals surface area contributed by atoms with Gasteiger partial charge >= 0.3 is 5.97 Å². The molecule has 40 heavy (non-hydrogen) atoms. The van der Waals surface area contributed by atoms with Crippen LogP contribution in [0.1, 0.15) is 31.0 Å². The van der Waals surface area contributed by atoms with Crippen molar-refractivity contribution in [1.29, 1.82) is 0 Å². The SMILES string of the molecule is CCOC(=O)C1=C(C)N=c2sc(=Cc3cc([N+](=O)[O-])ccc3N3CCN(C)CC3)c(=O)n2[C@@H]1c1ccc(Cl)cc1. The number of nitro benzene ring substituents is 1. The number of esters is 1. The number of aromatic nitrogens is 1. The fourth-order valence-corrected chi connectivity index (χ4v) is 6.16. The Hall–Kier alpha value is -3.80. The van der Waals surface area contributed by atoms with Crippen LogP contribution in [0.5, 0.6) is 0 Å². The Morgan fingerprint density at radius 3 is 2.55 bits per heavy atom. The van der Waals surface area contributed by atoms with Crippen LogP contribution in [0.2, 0.25) is 5.02 Å². The molecule has 0 amide bonds. The van der Waals surface area contributed by atoms with Gasteiger partial charge in [-0.05, 0) is 50.7 Å². The summed E-state index contributed by atoms with van der Waals surface area (Å²) in [7, 11) is 2.05. The van der Waals surface area contributed by atoms with E-state index in [2.05, 4.69) is 21.8 Å². The van der Waals surface area contributed by atoms with Crippen LogP contribution in [0.15, 0.2) is 63.5 Å². The lowest BCUT2D eigenvalue weighted by molar-refractivity contribution is -0.384. The minimum absolute atomic E-state index is 0.0589. The first-order valence-electron chi connectivity index (χ1n) is 12.8. The summed E-state index contributed by atoms with van der Waals surface area (Å²) in [6.45, 7) is 6.85. The molecule has 0 unspecified atom stereocenters. The fourth-order valence-electron chi connectivity index (χ4n) is 5.00. The lowest BCUT2D eigenvalue weighted by atomic mass is 9.96. The Labute approximate surface area is 239 Å². The van der Waals surface area contributed by atoms with E-state index in [-0.39, 0.29) is 23.4 Å². The lowest BCUT2D eigenvalue weighted by Crippen LogP contribution is -2.44. The molecule has 0 radical (unpaired) electrons. The molecule has 0 N–H and O–H groups in total. The number of piperazine rings is 1. The first kappa shape index (κ1) is 27.8. The molecule has 0 bridgehead atoms. The zero-order chi connectivity index (χ0) is 28.6. The summed E-state index contributed by atoms with van der Waals surface area (Å²) >= 11 is 7.31. The van der Waals surface area contributed by atoms with E-state index in [0.717, 1.165) is 31.9 Å². The van der Waals surface area contributed by atoms with E-state index in [4.69, 9.17) is 16.3 Å². The minimum Gasteiger partial charge on any atom is -0.463 e. The maximum atomic E-state index is 14.0. The molecule has 1 saturated heterocycles. The second-order valence-electron chi connectivity index (χ2n) is 9.64. The van der Waals surface area contributed by atoms with Crippen molar-refractivity contribution in [3.63, 3.8) is 0 Å². The van der Waals surface area contributed by atoms with Gasteiger partial charge in [-0.25, -0.2) is 9.79 Å². The molecule has 1 aromatic heterocycles. The number of rotatable bonds is 6. The number of non-ortho nitro benzene ring substituents is 1. The smallest absolute Gasteiger partial charge is 0.338 e. The highest BCUT2D eigenvalue weighted by atomic mass is 35.5. The molecular formula is C28H28ClN5O5S. The molecule has 3 heterocycles. The molecule has 1 atom stereocenters. The molecule has 0 spiro atoms. The van der Waals surface area contributed by atoms with Crippen molar-refractivity contribution in [3.05, 3.63) is 99.7 Å². The average molecular weight is 582 g/mol. The van der Waals surface area contributed by atoms with Gasteiger partial charge in [0.05, 0.1) is 33.4 Å². The lowest BCUT2D eigenvalue weighted by Gasteiger charge is -2.34. The number of hydrogen-bond acceptors (Lipinski definition) is 9. The molecule has 0 aliphatic carbocycles. The number of thiazole rings is 1. The molecule has 2 aromatic carbocycles. The number of halogens is 1. The maximum Gasteiger partial charge on any atom is 0.338 e. The highest BCUT2D eigenvalue weighted by molar-refractivity contribution is 7.07. The maximum absolute atomic E-state index is 14.0. The number of nitro groups is 1. The Bertz CT molecular complexity index is 1690. The number of ether oxygens (including phenoxy) is 1. The van der Waals surface area contributed by atoms with E-state index < -0.39 is 16.9 Å². The number of fused-ring (bicyclic) bond motifs is 1. The molecule has 1 fully saturated rings. The van der Waals surface area contributed by atoms with Gasteiger partial charge in [0.2, 0.25) is 0 Å². The molecular weight excluding hydrogens is 554 g/mol. The van der Waals surface area contributed by atoms with Crippen LogP contribution in [0.4, 0.5) is 11.4 Å². The van der Waals surface area contributed by atoms with Gasteiger partial charge in [0.25, 0.3) is 11.2 Å². The van der Waals surface area contributed by atoms with E-state index in [1.807, 2.05) is 0 Å². The number of likely N-dealkylation sites (N-methyl/N-ethyl adjacent to an activating group) is 1. The van der Waals surface area contributed by atoms with Gasteiger partial charge < -0.3 is 14.5 Å². The number of nitrogens with zero attached hydrogens (tertiary/aromatic N) is 5. The highest BCUT2D eigenvalue weighted by Crippen LogP contribution is 2.32. The largest absolute Gasteiger partial charge is 0.463 e. The van der Waals surface area contributed by atoms with Crippen molar-refractivity contribution >= 4 is 46.4 Å². The zero-order valence-corrected chi connectivity index (χ0v) is 23.9. The summed E-state index contributed by atoms with van der Waals surface area (Å²) < 4.78 is 7.18. The fraction of sp³-hybridized carbons (Fsp3) is 0.321. The quantitative estimate of drug-likeness (QED) is 0.250. The number of hydrogen-bond donors (Lipinski definition) is 0. The van der Waals surface area contributed by atoms with Crippen molar-refractivity contribution < 1.29 is 14.5 Å². The van der Waals surface area contributed by atoms with Gasteiger partial charge in [-0.2, -0.15) is 0 Å².